The first-order valence-corrected chi connectivity index (χ1v) is 5.14. The number of aryl methyl sites for hydroxylation is 1. The van der Waals surface area contributed by atoms with E-state index in [4.69, 9.17) is 0 Å². The van der Waals surface area contributed by atoms with Gasteiger partial charge in [-0.3, -0.25) is 0 Å². The molecule has 1 aromatic carbocycles. The van der Waals surface area contributed by atoms with Gasteiger partial charge in [-0.15, -0.1) is 6.58 Å². The zero-order valence-electron chi connectivity index (χ0n) is 9.09. The van der Waals surface area contributed by atoms with Crippen molar-refractivity contribution in [3.05, 3.63) is 48.0 Å². The number of rotatable bonds is 5. The van der Waals surface area contributed by atoms with E-state index in [9.17, 15) is 0 Å². The maximum atomic E-state index is 3.74. The van der Waals surface area contributed by atoms with Gasteiger partial charge in [-0.05, 0) is 32.4 Å². The molecule has 1 unspecified atom stereocenters. The molecule has 1 N–H and O–H groups in total. The Morgan fingerprint density at radius 3 is 2.93 bits per heavy atom. The Kier molecular flexibility index (Phi) is 4.41. The van der Waals surface area contributed by atoms with E-state index >= 15 is 0 Å². The smallest absolute Gasteiger partial charge is 0.0219 e. The number of benzene rings is 1. The van der Waals surface area contributed by atoms with Crippen LogP contribution in [0, 0.1) is 6.92 Å². The zero-order chi connectivity index (χ0) is 10.4. The van der Waals surface area contributed by atoms with Crippen molar-refractivity contribution < 1.29 is 0 Å². The molecule has 14 heavy (non-hydrogen) atoms. The Morgan fingerprint density at radius 1 is 1.50 bits per heavy atom. The second kappa shape index (κ2) is 5.61. The SMILES string of the molecule is C=CC(C)NCCc1cccc(C)c1. The lowest BCUT2D eigenvalue weighted by Gasteiger charge is -2.08. The van der Waals surface area contributed by atoms with Gasteiger partial charge in [0.05, 0.1) is 0 Å². The van der Waals surface area contributed by atoms with Gasteiger partial charge in [-0.2, -0.15) is 0 Å². The minimum absolute atomic E-state index is 0.403. The fraction of sp³-hybridized carbons (Fsp3) is 0.385. The second-order valence-electron chi connectivity index (χ2n) is 3.72. The first-order chi connectivity index (χ1) is 6.72. The molecule has 0 heterocycles. The van der Waals surface area contributed by atoms with Crippen LogP contribution in [0.3, 0.4) is 0 Å². The minimum atomic E-state index is 0.403. The second-order valence-corrected chi connectivity index (χ2v) is 3.72. The molecule has 1 rings (SSSR count). The van der Waals surface area contributed by atoms with E-state index in [-0.39, 0.29) is 0 Å². The predicted molar refractivity (Wildman–Crippen MR) is 62.5 cm³/mol. The number of nitrogens with one attached hydrogen (secondary N) is 1. The van der Waals surface area contributed by atoms with Crippen molar-refractivity contribution in [3.8, 4) is 0 Å². The van der Waals surface area contributed by atoms with Crippen molar-refractivity contribution in [2.75, 3.05) is 6.54 Å². The molecule has 0 radical (unpaired) electrons. The molecule has 0 aromatic heterocycles. The highest BCUT2D eigenvalue weighted by Crippen LogP contribution is 2.03. The summed E-state index contributed by atoms with van der Waals surface area (Å²) >= 11 is 0. The largest absolute Gasteiger partial charge is 0.310 e. The Morgan fingerprint density at radius 2 is 2.29 bits per heavy atom. The fourth-order valence-corrected chi connectivity index (χ4v) is 1.40. The van der Waals surface area contributed by atoms with E-state index < -0.39 is 0 Å². The van der Waals surface area contributed by atoms with Crippen LogP contribution in [0.1, 0.15) is 18.1 Å². The molecule has 1 aromatic rings. The molecule has 0 aliphatic carbocycles. The number of hydrogen-bond acceptors (Lipinski definition) is 1. The van der Waals surface area contributed by atoms with E-state index in [1.807, 2.05) is 6.08 Å². The van der Waals surface area contributed by atoms with Crippen molar-refractivity contribution >= 4 is 0 Å². The van der Waals surface area contributed by atoms with Crippen LogP contribution in [0.4, 0.5) is 0 Å². The third-order valence-corrected chi connectivity index (χ3v) is 2.32. The van der Waals surface area contributed by atoms with Gasteiger partial charge < -0.3 is 5.32 Å². The van der Waals surface area contributed by atoms with Crippen molar-refractivity contribution in [3.63, 3.8) is 0 Å². The summed E-state index contributed by atoms with van der Waals surface area (Å²) in [4.78, 5) is 0. The Hall–Kier alpha value is -1.08. The quantitative estimate of drug-likeness (QED) is 0.702. The highest BCUT2D eigenvalue weighted by molar-refractivity contribution is 5.22. The molecule has 1 nitrogen and oxygen atoms in total. The van der Waals surface area contributed by atoms with Crippen molar-refractivity contribution in [2.45, 2.75) is 26.3 Å². The fourth-order valence-electron chi connectivity index (χ4n) is 1.40. The highest BCUT2D eigenvalue weighted by Gasteiger charge is 1.95. The summed E-state index contributed by atoms with van der Waals surface area (Å²) in [5.41, 5.74) is 2.73. The Bertz CT molecular complexity index is 291. The van der Waals surface area contributed by atoms with Crippen LogP contribution < -0.4 is 5.32 Å². The Balaban J connectivity index is 2.34. The van der Waals surface area contributed by atoms with Crippen LogP contribution >= 0.6 is 0 Å². The molecule has 0 spiro atoms. The first-order valence-electron chi connectivity index (χ1n) is 5.14. The topological polar surface area (TPSA) is 12.0 Å². The standard InChI is InChI=1S/C13H19N/c1-4-12(3)14-9-8-13-7-5-6-11(2)10-13/h4-7,10,12,14H,1,8-9H2,2-3H3. The van der Waals surface area contributed by atoms with Gasteiger partial charge in [-0.1, -0.05) is 35.9 Å². The average Bonchev–Trinajstić information content (AvgIpc) is 2.17. The third kappa shape index (κ3) is 3.75. The summed E-state index contributed by atoms with van der Waals surface area (Å²) in [6.07, 6.45) is 3.01. The number of hydrogen-bond donors (Lipinski definition) is 1. The van der Waals surface area contributed by atoms with Crippen molar-refractivity contribution in [2.24, 2.45) is 0 Å². The maximum absolute atomic E-state index is 3.74. The van der Waals surface area contributed by atoms with Crippen LogP contribution in [0.15, 0.2) is 36.9 Å². The molecule has 76 valence electrons. The van der Waals surface area contributed by atoms with E-state index in [1.54, 1.807) is 0 Å². The van der Waals surface area contributed by atoms with Gasteiger partial charge in [0.2, 0.25) is 0 Å². The van der Waals surface area contributed by atoms with Crippen LogP contribution in [-0.4, -0.2) is 12.6 Å². The van der Waals surface area contributed by atoms with E-state index in [0.29, 0.717) is 6.04 Å². The van der Waals surface area contributed by atoms with Gasteiger partial charge in [0.15, 0.2) is 0 Å². The van der Waals surface area contributed by atoms with Crippen LogP contribution in [0.2, 0.25) is 0 Å². The molecule has 1 heteroatoms. The molecule has 1 atom stereocenters. The van der Waals surface area contributed by atoms with Crippen LogP contribution in [0.5, 0.6) is 0 Å². The molecule has 0 aliphatic rings. The first kappa shape index (κ1) is 11.0. The molecular weight excluding hydrogens is 170 g/mol. The zero-order valence-corrected chi connectivity index (χ0v) is 9.09. The lowest BCUT2D eigenvalue weighted by atomic mass is 10.1. The normalized spacial score (nSPS) is 12.4. The molecular formula is C13H19N. The minimum Gasteiger partial charge on any atom is -0.310 e. The molecule has 0 bridgehead atoms. The summed E-state index contributed by atoms with van der Waals surface area (Å²) in [5.74, 6) is 0. The van der Waals surface area contributed by atoms with E-state index in [2.05, 4.69) is 50.0 Å². The van der Waals surface area contributed by atoms with Gasteiger partial charge in [0, 0.05) is 6.04 Å². The molecule has 0 aliphatic heterocycles. The lowest BCUT2D eigenvalue weighted by Crippen LogP contribution is -2.25. The van der Waals surface area contributed by atoms with Crippen LogP contribution in [0.25, 0.3) is 0 Å². The third-order valence-electron chi connectivity index (χ3n) is 2.32. The molecule has 0 saturated heterocycles. The molecule has 0 saturated carbocycles. The van der Waals surface area contributed by atoms with Crippen molar-refractivity contribution in [1.29, 1.82) is 0 Å². The maximum Gasteiger partial charge on any atom is 0.0219 e. The summed E-state index contributed by atoms with van der Waals surface area (Å²) in [5, 5.41) is 3.38. The van der Waals surface area contributed by atoms with Gasteiger partial charge in [0.1, 0.15) is 0 Å². The van der Waals surface area contributed by atoms with Gasteiger partial charge in [0.25, 0.3) is 0 Å². The lowest BCUT2D eigenvalue weighted by molar-refractivity contribution is 0.633. The average molecular weight is 189 g/mol. The monoisotopic (exact) mass is 189 g/mol. The van der Waals surface area contributed by atoms with Crippen molar-refractivity contribution in [1.82, 2.24) is 5.32 Å². The summed E-state index contributed by atoms with van der Waals surface area (Å²) < 4.78 is 0. The summed E-state index contributed by atoms with van der Waals surface area (Å²) in [6.45, 7) is 8.99. The van der Waals surface area contributed by atoms with E-state index in [1.165, 1.54) is 11.1 Å². The summed E-state index contributed by atoms with van der Waals surface area (Å²) in [7, 11) is 0. The highest BCUT2D eigenvalue weighted by atomic mass is 14.9. The van der Waals surface area contributed by atoms with E-state index in [0.717, 1.165) is 13.0 Å². The van der Waals surface area contributed by atoms with Gasteiger partial charge in [-0.25, -0.2) is 0 Å². The van der Waals surface area contributed by atoms with Gasteiger partial charge >= 0.3 is 0 Å². The molecule has 0 fully saturated rings. The Labute approximate surface area is 86.8 Å². The van der Waals surface area contributed by atoms with Crippen LogP contribution in [-0.2, 0) is 6.42 Å². The molecule has 0 amide bonds. The summed E-state index contributed by atoms with van der Waals surface area (Å²) in [6, 6.07) is 9.05. The predicted octanol–water partition coefficient (Wildman–Crippen LogP) is 2.70.